The molecule has 0 amide bonds. The van der Waals surface area contributed by atoms with E-state index in [1.165, 1.54) is 5.56 Å². The fourth-order valence-electron chi connectivity index (χ4n) is 1.62. The lowest BCUT2D eigenvalue weighted by Crippen LogP contribution is -2.42. The van der Waals surface area contributed by atoms with Gasteiger partial charge in [0.2, 0.25) is 0 Å². The highest BCUT2D eigenvalue weighted by Crippen LogP contribution is 2.26. The normalized spacial score (nSPS) is 20.8. The maximum Gasteiger partial charge on any atom is 0.0548 e. The van der Waals surface area contributed by atoms with Crippen LogP contribution < -0.4 is 10.6 Å². The first-order chi connectivity index (χ1) is 6.77. The molecule has 1 fully saturated rings. The number of nitrogens with one attached hydrogen (secondary N) is 2. The molecule has 0 unspecified atom stereocenters. The Hall–Kier alpha value is 0.200. The molecule has 84 valence electrons. The molecular formula is C10H13BrCl2N2. The van der Waals surface area contributed by atoms with E-state index < -0.39 is 0 Å². The summed E-state index contributed by atoms with van der Waals surface area (Å²) in [7, 11) is 0. The highest BCUT2D eigenvalue weighted by molar-refractivity contribution is 9.10. The molecule has 0 bridgehead atoms. The second-order valence-electron chi connectivity index (χ2n) is 3.38. The topological polar surface area (TPSA) is 24.1 Å². The van der Waals surface area contributed by atoms with Crippen LogP contribution in [0.15, 0.2) is 22.7 Å². The average Bonchev–Trinajstić information content (AvgIpc) is 2.23. The fraction of sp³-hybridized carbons (Fsp3) is 0.400. The van der Waals surface area contributed by atoms with Crippen LogP contribution in [0.2, 0.25) is 5.02 Å². The SMILES string of the molecule is Cl.Clc1ccc([C@H]2CNCCN2)cc1Br. The molecule has 0 aliphatic carbocycles. The van der Waals surface area contributed by atoms with Gasteiger partial charge >= 0.3 is 0 Å². The smallest absolute Gasteiger partial charge is 0.0548 e. The molecule has 1 saturated heterocycles. The molecule has 1 aliphatic rings. The van der Waals surface area contributed by atoms with Crippen molar-refractivity contribution in [3.63, 3.8) is 0 Å². The molecule has 0 aromatic heterocycles. The van der Waals surface area contributed by atoms with E-state index in [0.29, 0.717) is 6.04 Å². The third kappa shape index (κ3) is 3.33. The number of benzene rings is 1. The summed E-state index contributed by atoms with van der Waals surface area (Å²) in [5, 5.41) is 7.57. The molecule has 1 aliphatic heterocycles. The summed E-state index contributed by atoms with van der Waals surface area (Å²) < 4.78 is 0.962. The van der Waals surface area contributed by atoms with Crippen molar-refractivity contribution in [2.75, 3.05) is 19.6 Å². The zero-order valence-electron chi connectivity index (χ0n) is 8.09. The maximum absolute atomic E-state index is 5.94. The van der Waals surface area contributed by atoms with Crippen LogP contribution in [0.25, 0.3) is 0 Å². The summed E-state index contributed by atoms with van der Waals surface area (Å²) in [6, 6.07) is 6.47. The van der Waals surface area contributed by atoms with Crippen molar-refractivity contribution in [3.05, 3.63) is 33.3 Å². The Morgan fingerprint density at radius 2 is 2.13 bits per heavy atom. The zero-order chi connectivity index (χ0) is 9.97. The molecule has 1 aromatic carbocycles. The van der Waals surface area contributed by atoms with E-state index in [0.717, 1.165) is 29.1 Å². The molecule has 1 atom stereocenters. The van der Waals surface area contributed by atoms with Crippen molar-refractivity contribution in [2.45, 2.75) is 6.04 Å². The number of piperazine rings is 1. The van der Waals surface area contributed by atoms with Crippen molar-refractivity contribution in [3.8, 4) is 0 Å². The second-order valence-corrected chi connectivity index (χ2v) is 4.65. The fourth-order valence-corrected chi connectivity index (χ4v) is 2.13. The van der Waals surface area contributed by atoms with Crippen LogP contribution in [0.3, 0.4) is 0 Å². The van der Waals surface area contributed by atoms with Crippen LogP contribution in [0, 0.1) is 0 Å². The van der Waals surface area contributed by atoms with Crippen LogP contribution in [0.4, 0.5) is 0 Å². The molecular weight excluding hydrogens is 299 g/mol. The van der Waals surface area contributed by atoms with Gasteiger partial charge in [0.25, 0.3) is 0 Å². The highest BCUT2D eigenvalue weighted by atomic mass is 79.9. The minimum Gasteiger partial charge on any atom is -0.314 e. The minimum absolute atomic E-state index is 0. The third-order valence-corrected chi connectivity index (χ3v) is 3.60. The maximum atomic E-state index is 5.94. The lowest BCUT2D eigenvalue weighted by molar-refractivity contribution is 0.430. The lowest BCUT2D eigenvalue weighted by Gasteiger charge is -2.25. The summed E-state index contributed by atoms with van der Waals surface area (Å²) in [5.41, 5.74) is 1.27. The molecule has 2 rings (SSSR count). The molecule has 0 saturated carbocycles. The van der Waals surface area contributed by atoms with Crippen LogP contribution in [-0.2, 0) is 0 Å². The van der Waals surface area contributed by atoms with Gasteiger partial charge in [0, 0.05) is 30.1 Å². The molecule has 0 spiro atoms. The van der Waals surface area contributed by atoms with Crippen LogP contribution in [-0.4, -0.2) is 19.6 Å². The van der Waals surface area contributed by atoms with E-state index in [2.05, 4.69) is 38.7 Å². The molecule has 0 radical (unpaired) electrons. The van der Waals surface area contributed by atoms with Gasteiger partial charge in [0.05, 0.1) is 5.02 Å². The Balaban J connectivity index is 0.00000112. The number of hydrogen-bond acceptors (Lipinski definition) is 2. The predicted molar refractivity (Wildman–Crippen MR) is 70.0 cm³/mol. The van der Waals surface area contributed by atoms with Gasteiger partial charge in [-0.05, 0) is 33.6 Å². The van der Waals surface area contributed by atoms with E-state index in [1.54, 1.807) is 0 Å². The van der Waals surface area contributed by atoms with E-state index in [-0.39, 0.29) is 12.4 Å². The van der Waals surface area contributed by atoms with Gasteiger partial charge < -0.3 is 10.6 Å². The quantitative estimate of drug-likeness (QED) is 0.833. The molecule has 15 heavy (non-hydrogen) atoms. The van der Waals surface area contributed by atoms with Gasteiger partial charge in [0.1, 0.15) is 0 Å². The monoisotopic (exact) mass is 310 g/mol. The van der Waals surface area contributed by atoms with Gasteiger partial charge in [-0.2, -0.15) is 0 Å². The first kappa shape index (κ1) is 13.3. The Morgan fingerprint density at radius 1 is 1.33 bits per heavy atom. The lowest BCUT2D eigenvalue weighted by atomic mass is 10.1. The summed E-state index contributed by atoms with van der Waals surface area (Å²) in [4.78, 5) is 0. The highest BCUT2D eigenvalue weighted by Gasteiger charge is 2.14. The van der Waals surface area contributed by atoms with Gasteiger partial charge in [0.15, 0.2) is 0 Å². The Labute approximate surface area is 109 Å². The summed E-state index contributed by atoms with van der Waals surface area (Å²) in [6.07, 6.45) is 0. The Bertz CT molecular complexity index is 327. The third-order valence-electron chi connectivity index (χ3n) is 2.39. The van der Waals surface area contributed by atoms with Crippen molar-refractivity contribution < 1.29 is 0 Å². The van der Waals surface area contributed by atoms with Gasteiger partial charge in [-0.1, -0.05) is 17.7 Å². The number of halogens is 3. The largest absolute Gasteiger partial charge is 0.314 e. The van der Waals surface area contributed by atoms with Gasteiger partial charge in [-0.25, -0.2) is 0 Å². The molecule has 5 heteroatoms. The van der Waals surface area contributed by atoms with E-state index in [4.69, 9.17) is 11.6 Å². The number of rotatable bonds is 1. The standard InChI is InChI=1S/C10H12BrClN2.ClH/c11-8-5-7(1-2-9(8)12)10-6-13-3-4-14-10;/h1-2,5,10,13-14H,3-4,6H2;1H/t10-;/m1./s1. The first-order valence-corrected chi connectivity index (χ1v) is 5.83. The van der Waals surface area contributed by atoms with Gasteiger partial charge in [-0.3, -0.25) is 0 Å². The predicted octanol–water partition coefficient (Wildman–Crippen LogP) is 2.76. The van der Waals surface area contributed by atoms with Crippen molar-refractivity contribution >= 4 is 39.9 Å². The van der Waals surface area contributed by atoms with Crippen LogP contribution in [0.1, 0.15) is 11.6 Å². The second kappa shape index (κ2) is 6.06. The number of hydrogen-bond donors (Lipinski definition) is 2. The zero-order valence-corrected chi connectivity index (χ0v) is 11.3. The molecule has 1 aromatic rings. The minimum atomic E-state index is 0. The summed E-state index contributed by atoms with van der Waals surface area (Å²) >= 11 is 9.37. The van der Waals surface area contributed by atoms with Crippen LogP contribution >= 0.6 is 39.9 Å². The molecule has 1 heterocycles. The summed E-state index contributed by atoms with van der Waals surface area (Å²) in [6.45, 7) is 3.05. The molecule has 2 N–H and O–H groups in total. The van der Waals surface area contributed by atoms with Crippen molar-refractivity contribution in [1.29, 1.82) is 0 Å². The van der Waals surface area contributed by atoms with Crippen molar-refractivity contribution in [1.82, 2.24) is 10.6 Å². The van der Waals surface area contributed by atoms with E-state index in [9.17, 15) is 0 Å². The molecule has 2 nitrogen and oxygen atoms in total. The summed E-state index contributed by atoms with van der Waals surface area (Å²) in [5.74, 6) is 0. The van der Waals surface area contributed by atoms with Gasteiger partial charge in [-0.15, -0.1) is 12.4 Å². The average molecular weight is 312 g/mol. The van der Waals surface area contributed by atoms with Crippen molar-refractivity contribution in [2.24, 2.45) is 0 Å². The first-order valence-electron chi connectivity index (χ1n) is 4.66. The van der Waals surface area contributed by atoms with E-state index in [1.807, 2.05) is 6.07 Å². The van der Waals surface area contributed by atoms with E-state index >= 15 is 0 Å². The van der Waals surface area contributed by atoms with Crippen LogP contribution in [0.5, 0.6) is 0 Å². The Kier molecular flexibility index (Phi) is 5.36. The Morgan fingerprint density at radius 3 is 2.73 bits per heavy atom.